The van der Waals surface area contributed by atoms with Crippen LogP contribution in [0.15, 0.2) is 0 Å². The highest BCUT2D eigenvalue weighted by atomic mass is 16.5. The average Bonchev–Trinajstić information content (AvgIpc) is 3.19. The van der Waals surface area contributed by atoms with E-state index in [1.165, 1.54) is 12.8 Å². The summed E-state index contributed by atoms with van der Waals surface area (Å²) in [7, 11) is 0. The third-order valence-corrected chi connectivity index (χ3v) is 4.86. The third kappa shape index (κ3) is 4.91. The van der Waals surface area contributed by atoms with Crippen molar-refractivity contribution in [2.24, 2.45) is 11.7 Å². The Hall–Kier alpha value is -1.14. The minimum absolute atomic E-state index is 0.0195. The molecule has 2 fully saturated rings. The minimum Gasteiger partial charge on any atom is -0.376 e. The normalized spacial score (nSPS) is 23.2. The summed E-state index contributed by atoms with van der Waals surface area (Å²) in [6.45, 7) is 5.07. The van der Waals surface area contributed by atoms with Crippen LogP contribution in [0.5, 0.6) is 0 Å². The van der Waals surface area contributed by atoms with Gasteiger partial charge in [-0.15, -0.1) is 0 Å². The van der Waals surface area contributed by atoms with Gasteiger partial charge in [-0.1, -0.05) is 26.7 Å². The summed E-state index contributed by atoms with van der Waals surface area (Å²) in [6.07, 6.45) is 6.36. The van der Waals surface area contributed by atoms with Gasteiger partial charge in [0.05, 0.1) is 12.6 Å². The number of carbonyl (C=O) groups is 2. The summed E-state index contributed by atoms with van der Waals surface area (Å²) < 4.78 is 5.65. The topological polar surface area (TPSA) is 84.7 Å². The average molecular weight is 325 g/mol. The standard InChI is InChI=1S/C17H31N3O3/c1-12(2)16(17(22)19-13-6-3-4-7-13)20(15(21)10-18)11-14-8-5-9-23-14/h12-14,16H,3-11,18H2,1-2H3,(H,19,22)/t14-,16?/m1/s1. The van der Waals surface area contributed by atoms with Gasteiger partial charge in [-0.3, -0.25) is 9.59 Å². The Labute approximate surface area is 139 Å². The molecule has 6 nitrogen and oxygen atoms in total. The predicted molar refractivity (Wildman–Crippen MR) is 88.8 cm³/mol. The second-order valence-corrected chi connectivity index (χ2v) is 7.06. The first kappa shape index (κ1) is 18.2. The van der Waals surface area contributed by atoms with Crippen molar-refractivity contribution in [2.75, 3.05) is 19.7 Å². The van der Waals surface area contributed by atoms with E-state index in [1.54, 1.807) is 4.90 Å². The molecule has 1 heterocycles. The van der Waals surface area contributed by atoms with Crippen LogP contribution in [0.1, 0.15) is 52.4 Å². The van der Waals surface area contributed by atoms with Gasteiger partial charge in [0.2, 0.25) is 11.8 Å². The van der Waals surface area contributed by atoms with Crippen molar-refractivity contribution in [1.82, 2.24) is 10.2 Å². The molecule has 0 spiro atoms. The first-order valence-corrected chi connectivity index (χ1v) is 8.94. The maximum atomic E-state index is 12.8. The summed E-state index contributed by atoms with van der Waals surface area (Å²) in [5, 5.41) is 3.13. The molecule has 0 aromatic heterocycles. The Kier molecular flexibility index (Phi) is 6.84. The van der Waals surface area contributed by atoms with Crippen LogP contribution in [0, 0.1) is 5.92 Å². The third-order valence-electron chi connectivity index (χ3n) is 4.86. The Morgan fingerprint density at radius 1 is 1.22 bits per heavy atom. The molecule has 0 aromatic carbocycles. The molecule has 23 heavy (non-hydrogen) atoms. The molecule has 1 unspecified atom stereocenters. The number of hydrogen-bond acceptors (Lipinski definition) is 4. The molecule has 3 N–H and O–H groups in total. The number of carbonyl (C=O) groups excluding carboxylic acids is 2. The number of rotatable bonds is 7. The zero-order valence-electron chi connectivity index (χ0n) is 14.4. The summed E-state index contributed by atoms with van der Waals surface area (Å²) in [5.41, 5.74) is 5.59. The van der Waals surface area contributed by atoms with Gasteiger partial charge in [0, 0.05) is 19.2 Å². The van der Waals surface area contributed by atoms with Crippen LogP contribution < -0.4 is 11.1 Å². The highest BCUT2D eigenvalue weighted by Gasteiger charge is 2.35. The number of nitrogens with two attached hydrogens (primary N) is 1. The number of ether oxygens (including phenoxy) is 1. The highest BCUT2D eigenvalue weighted by Crippen LogP contribution is 2.21. The van der Waals surface area contributed by atoms with Crippen LogP contribution in [-0.2, 0) is 14.3 Å². The first-order chi connectivity index (χ1) is 11.0. The van der Waals surface area contributed by atoms with Crippen LogP contribution in [-0.4, -0.2) is 54.6 Å². The molecular weight excluding hydrogens is 294 g/mol. The lowest BCUT2D eigenvalue weighted by Crippen LogP contribution is -2.56. The Balaban J connectivity index is 2.08. The lowest BCUT2D eigenvalue weighted by molar-refractivity contribution is -0.143. The van der Waals surface area contributed by atoms with Gasteiger partial charge in [0.15, 0.2) is 0 Å². The Morgan fingerprint density at radius 2 is 1.91 bits per heavy atom. The molecule has 2 aliphatic rings. The van der Waals surface area contributed by atoms with E-state index in [-0.39, 0.29) is 36.4 Å². The molecule has 2 amide bonds. The van der Waals surface area contributed by atoms with E-state index in [1.807, 2.05) is 13.8 Å². The Bertz CT molecular complexity index is 402. The van der Waals surface area contributed by atoms with Crippen molar-refractivity contribution in [2.45, 2.75) is 70.6 Å². The molecule has 1 aliphatic heterocycles. The molecule has 0 radical (unpaired) electrons. The number of hydrogen-bond donors (Lipinski definition) is 2. The summed E-state index contributed by atoms with van der Waals surface area (Å²) >= 11 is 0. The number of nitrogens with zero attached hydrogens (tertiary/aromatic N) is 1. The van der Waals surface area contributed by atoms with E-state index in [4.69, 9.17) is 10.5 Å². The van der Waals surface area contributed by atoms with Crippen LogP contribution in [0.2, 0.25) is 0 Å². The smallest absolute Gasteiger partial charge is 0.243 e. The summed E-state index contributed by atoms with van der Waals surface area (Å²) in [6, 6.07) is -0.225. The molecule has 1 aliphatic carbocycles. The molecule has 2 rings (SSSR count). The van der Waals surface area contributed by atoms with E-state index in [9.17, 15) is 9.59 Å². The fourth-order valence-electron chi connectivity index (χ4n) is 3.66. The minimum atomic E-state index is -0.476. The van der Waals surface area contributed by atoms with Crippen LogP contribution in [0.25, 0.3) is 0 Å². The molecule has 0 bridgehead atoms. The monoisotopic (exact) mass is 325 g/mol. The fourth-order valence-corrected chi connectivity index (χ4v) is 3.66. The van der Waals surface area contributed by atoms with E-state index >= 15 is 0 Å². The van der Waals surface area contributed by atoms with Crippen molar-refractivity contribution in [1.29, 1.82) is 0 Å². The largest absolute Gasteiger partial charge is 0.376 e. The van der Waals surface area contributed by atoms with Gasteiger partial charge in [-0.05, 0) is 31.6 Å². The zero-order valence-corrected chi connectivity index (χ0v) is 14.4. The van der Waals surface area contributed by atoms with Crippen molar-refractivity contribution < 1.29 is 14.3 Å². The quantitative estimate of drug-likeness (QED) is 0.732. The molecule has 0 aromatic rings. The van der Waals surface area contributed by atoms with Crippen LogP contribution >= 0.6 is 0 Å². The van der Waals surface area contributed by atoms with E-state index < -0.39 is 6.04 Å². The van der Waals surface area contributed by atoms with Gasteiger partial charge in [-0.25, -0.2) is 0 Å². The van der Waals surface area contributed by atoms with Crippen molar-refractivity contribution >= 4 is 11.8 Å². The summed E-state index contributed by atoms with van der Waals surface area (Å²) in [5.74, 6) is -0.194. The second kappa shape index (κ2) is 8.64. The molecular formula is C17H31N3O3. The van der Waals surface area contributed by atoms with Gasteiger partial charge < -0.3 is 20.7 Å². The van der Waals surface area contributed by atoms with E-state index in [0.717, 1.165) is 32.3 Å². The summed E-state index contributed by atoms with van der Waals surface area (Å²) in [4.78, 5) is 26.8. The lowest BCUT2D eigenvalue weighted by Gasteiger charge is -2.35. The number of amides is 2. The molecule has 6 heteroatoms. The van der Waals surface area contributed by atoms with Crippen molar-refractivity contribution in [3.05, 3.63) is 0 Å². The fraction of sp³-hybridized carbons (Fsp3) is 0.882. The van der Waals surface area contributed by atoms with Gasteiger partial charge >= 0.3 is 0 Å². The Morgan fingerprint density at radius 3 is 2.43 bits per heavy atom. The number of nitrogens with one attached hydrogen (secondary N) is 1. The first-order valence-electron chi connectivity index (χ1n) is 8.94. The molecule has 1 saturated carbocycles. The van der Waals surface area contributed by atoms with E-state index in [0.29, 0.717) is 6.54 Å². The van der Waals surface area contributed by atoms with Gasteiger partial charge in [0.25, 0.3) is 0 Å². The second-order valence-electron chi connectivity index (χ2n) is 7.06. The molecule has 132 valence electrons. The molecule has 2 atom stereocenters. The van der Waals surface area contributed by atoms with Crippen molar-refractivity contribution in [3.8, 4) is 0 Å². The van der Waals surface area contributed by atoms with Crippen LogP contribution in [0.4, 0.5) is 0 Å². The predicted octanol–water partition coefficient (Wildman–Crippen LogP) is 1.04. The zero-order chi connectivity index (χ0) is 16.8. The highest BCUT2D eigenvalue weighted by molar-refractivity contribution is 5.88. The maximum Gasteiger partial charge on any atom is 0.243 e. The molecule has 1 saturated heterocycles. The lowest BCUT2D eigenvalue weighted by atomic mass is 9.99. The SMILES string of the molecule is CC(C)C(C(=O)NC1CCCC1)N(C[C@H]1CCCO1)C(=O)CN. The van der Waals surface area contributed by atoms with Crippen LogP contribution in [0.3, 0.4) is 0 Å². The van der Waals surface area contributed by atoms with Gasteiger partial charge in [0.1, 0.15) is 6.04 Å². The van der Waals surface area contributed by atoms with E-state index in [2.05, 4.69) is 5.32 Å². The van der Waals surface area contributed by atoms with Gasteiger partial charge in [-0.2, -0.15) is 0 Å². The van der Waals surface area contributed by atoms with Crippen molar-refractivity contribution in [3.63, 3.8) is 0 Å². The maximum absolute atomic E-state index is 12.8.